The number of benzene rings is 2. The summed E-state index contributed by atoms with van der Waals surface area (Å²) in [5, 5.41) is 4.04. The Morgan fingerprint density at radius 3 is 2.43 bits per heavy atom. The van der Waals surface area contributed by atoms with Crippen LogP contribution in [0.4, 0.5) is 0 Å². The minimum atomic E-state index is -3.46. The summed E-state index contributed by atoms with van der Waals surface area (Å²) in [5.41, 5.74) is 2.69. The van der Waals surface area contributed by atoms with Crippen molar-refractivity contribution in [1.29, 1.82) is 0 Å². The number of aryl methyl sites for hydroxylation is 1. The highest BCUT2D eigenvalue weighted by Crippen LogP contribution is 2.26. The van der Waals surface area contributed by atoms with E-state index in [4.69, 9.17) is 4.52 Å². The van der Waals surface area contributed by atoms with Gasteiger partial charge in [-0.1, -0.05) is 29.8 Å². The zero-order chi connectivity index (χ0) is 19.7. The van der Waals surface area contributed by atoms with Gasteiger partial charge >= 0.3 is 0 Å². The minimum absolute atomic E-state index is 0.299. The Balaban J connectivity index is 1.55. The van der Waals surface area contributed by atoms with Gasteiger partial charge in [0.15, 0.2) is 0 Å². The lowest BCUT2D eigenvalue weighted by Crippen LogP contribution is -2.37. The molecular weight excluding hydrogens is 374 g/mol. The molecule has 0 spiro atoms. The van der Waals surface area contributed by atoms with Gasteiger partial charge in [0.05, 0.1) is 4.90 Å². The molecule has 0 radical (unpaired) electrons. The van der Waals surface area contributed by atoms with Crippen LogP contribution in [-0.2, 0) is 10.0 Å². The Hall–Kier alpha value is -2.51. The van der Waals surface area contributed by atoms with E-state index in [1.165, 1.54) is 0 Å². The van der Waals surface area contributed by atoms with Crippen LogP contribution < -0.4 is 0 Å². The van der Waals surface area contributed by atoms with E-state index in [9.17, 15) is 8.42 Å². The lowest BCUT2D eigenvalue weighted by molar-refractivity contribution is 0.288. The van der Waals surface area contributed by atoms with Gasteiger partial charge in [0.1, 0.15) is 0 Å². The molecule has 6 nitrogen and oxygen atoms in total. The van der Waals surface area contributed by atoms with E-state index in [2.05, 4.69) is 17.1 Å². The van der Waals surface area contributed by atoms with E-state index in [1.807, 2.05) is 31.2 Å². The standard InChI is InChI=1S/C21H23N3O3S/c1-15-10-12-24(13-11-15)28(25,26)19-8-6-17(7-9-19)20-22-21(27-23-20)18-5-3-4-16(2)14-18/h3-9,14-15H,10-13H2,1-2H3. The van der Waals surface area contributed by atoms with Gasteiger partial charge < -0.3 is 4.52 Å². The van der Waals surface area contributed by atoms with Gasteiger partial charge in [0, 0.05) is 24.2 Å². The molecule has 0 unspecified atom stereocenters. The summed E-state index contributed by atoms with van der Waals surface area (Å²) in [6, 6.07) is 14.5. The first-order valence-corrected chi connectivity index (χ1v) is 10.9. The number of nitrogens with zero attached hydrogens (tertiary/aromatic N) is 3. The highest BCUT2D eigenvalue weighted by Gasteiger charge is 2.28. The second kappa shape index (κ2) is 7.48. The maximum Gasteiger partial charge on any atom is 0.258 e. The third kappa shape index (κ3) is 3.72. The summed E-state index contributed by atoms with van der Waals surface area (Å²) in [5.74, 6) is 1.46. The molecule has 0 atom stereocenters. The first-order valence-electron chi connectivity index (χ1n) is 9.45. The van der Waals surface area contributed by atoms with E-state index in [0.717, 1.165) is 24.0 Å². The van der Waals surface area contributed by atoms with Crippen molar-refractivity contribution in [3.05, 3.63) is 54.1 Å². The van der Waals surface area contributed by atoms with Crippen molar-refractivity contribution in [1.82, 2.24) is 14.4 Å². The molecule has 28 heavy (non-hydrogen) atoms. The first-order chi connectivity index (χ1) is 13.4. The Labute approximate surface area is 165 Å². The molecule has 3 aromatic rings. The van der Waals surface area contributed by atoms with Crippen molar-refractivity contribution in [2.45, 2.75) is 31.6 Å². The fraction of sp³-hybridized carbons (Fsp3) is 0.333. The van der Waals surface area contributed by atoms with Crippen LogP contribution in [0.25, 0.3) is 22.8 Å². The molecule has 1 aromatic heterocycles. The maximum atomic E-state index is 12.8. The fourth-order valence-electron chi connectivity index (χ4n) is 3.39. The molecule has 0 bridgehead atoms. The summed E-state index contributed by atoms with van der Waals surface area (Å²) in [6.45, 7) is 5.32. The van der Waals surface area contributed by atoms with Gasteiger partial charge in [-0.05, 0) is 62.1 Å². The Kier molecular flexibility index (Phi) is 5.03. The molecule has 0 amide bonds. The molecule has 0 N–H and O–H groups in total. The van der Waals surface area contributed by atoms with Crippen LogP contribution >= 0.6 is 0 Å². The molecule has 4 rings (SSSR count). The third-order valence-corrected chi connectivity index (χ3v) is 7.10. The van der Waals surface area contributed by atoms with Crippen LogP contribution in [0, 0.1) is 12.8 Å². The largest absolute Gasteiger partial charge is 0.334 e. The summed E-state index contributed by atoms with van der Waals surface area (Å²) in [7, 11) is -3.46. The van der Waals surface area contributed by atoms with Crippen LogP contribution in [0.1, 0.15) is 25.3 Å². The predicted molar refractivity (Wildman–Crippen MR) is 107 cm³/mol. The van der Waals surface area contributed by atoms with Crippen molar-refractivity contribution in [2.24, 2.45) is 5.92 Å². The second-order valence-corrected chi connectivity index (χ2v) is 9.34. The van der Waals surface area contributed by atoms with Crippen molar-refractivity contribution in [3.63, 3.8) is 0 Å². The number of aromatic nitrogens is 2. The van der Waals surface area contributed by atoms with Gasteiger partial charge in [-0.3, -0.25) is 0 Å². The van der Waals surface area contributed by atoms with Crippen molar-refractivity contribution in [3.8, 4) is 22.8 Å². The number of rotatable bonds is 4. The van der Waals surface area contributed by atoms with Gasteiger partial charge in [0.2, 0.25) is 15.8 Å². The molecule has 1 aliphatic rings. The molecule has 0 aliphatic carbocycles. The number of hydrogen-bond donors (Lipinski definition) is 0. The highest BCUT2D eigenvalue weighted by molar-refractivity contribution is 7.89. The van der Waals surface area contributed by atoms with Crippen LogP contribution in [0.15, 0.2) is 57.9 Å². The average Bonchev–Trinajstić information content (AvgIpc) is 3.19. The van der Waals surface area contributed by atoms with Crippen LogP contribution in [0.3, 0.4) is 0 Å². The lowest BCUT2D eigenvalue weighted by Gasteiger charge is -2.29. The Morgan fingerprint density at radius 1 is 1.04 bits per heavy atom. The van der Waals surface area contributed by atoms with E-state index < -0.39 is 10.0 Å². The average molecular weight is 398 g/mol. The van der Waals surface area contributed by atoms with E-state index in [1.54, 1.807) is 28.6 Å². The van der Waals surface area contributed by atoms with E-state index in [-0.39, 0.29) is 0 Å². The molecule has 0 saturated carbocycles. The third-order valence-electron chi connectivity index (χ3n) is 5.18. The zero-order valence-electron chi connectivity index (χ0n) is 16.0. The Morgan fingerprint density at radius 2 is 1.75 bits per heavy atom. The van der Waals surface area contributed by atoms with Crippen LogP contribution in [0.5, 0.6) is 0 Å². The molecule has 2 heterocycles. The van der Waals surface area contributed by atoms with Crippen LogP contribution in [0.2, 0.25) is 0 Å². The first kappa shape index (κ1) is 18.8. The molecule has 7 heteroatoms. The molecular formula is C21H23N3O3S. The van der Waals surface area contributed by atoms with Gasteiger partial charge in [-0.2, -0.15) is 9.29 Å². The summed E-state index contributed by atoms with van der Waals surface area (Å²) in [4.78, 5) is 4.74. The monoisotopic (exact) mass is 397 g/mol. The second-order valence-electron chi connectivity index (χ2n) is 7.40. The van der Waals surface area contributed by atoms with Gasteiger partial charge in [-0.15, -0.1) is 0 Å². The molecule has 2 aromatic carbocycles. The molecule has 1 saturated heterocycles. The van der Waals surface area contributed by atoms with Crippen molar-refractivity contribution >= 4 is 10.0 Å². The minimum Gasteiger partial charge on any atom is -0.334 e. The number of hydrogen-bond acceptors (Lipinski definition) is 5. The van der Waals surface area contributed by atoms with Crippen molar-refractivity contribution in [2.75, 3.05) is 13.1 Å². The summed E-state index contributed by atoms with van der Waals surface area (Å²) < 4.78 is 32.6. The van der Waals surface area contributed by atoms with E-state index in [0.29, 0.717) is 41.2 Å². The van der Waals surface area contributed by atoms with Gasteiger partial charge in [-0.25, -0.2) is 8.42 Å². The zero-order valence-corrected chi connectivity index (χ0v) is 16.8. The quantitative estimate of drug-likeness (QED) is 0.661. The topological polar surface area (TPSA) is 76.3 Å². The van der Waals surface area contributed by atoms with Gasteiger partial charge in [0.25, 0.3) is 5.89 Å². The lowest BCUT2D eigenvalue weighted by atomic mass is 10.0. The molecule has 1 fully saturated rings. The SMILES string of the molecule is Cc1cccc(-c2nc(-c3ccc(S(=O)(=O)N4CCC(C)CC4)cc3)no2)c1. The fourth-order valence-corrected chi connectivity index (χ4v) is 4.86. The highest BCUT2D eigenvalue weighted by atomic mass is 32.2. The summed E-state index contributed by atoms with van der Waals surface area (Å²) in [6.07, 6.45) is 1.81. The smallest absolute Gasteiger partial charge is 0.258 e. The number of piperidine rings is 1. The normalized spacial score (nSPS) is 16.4. The molecule has 146 valence electrons. The van der Waals surface area contributed by atoms with Crippen molar-refractivity contribution < 1.29 is 12.9 Å². The number of sulfonamides is 1. The Bertz CT molecular complexity index is 1070. The van der Waals surface area contributed by atoms with Crippen LogP contribution in [-0.4, -0.2) is 36.0 Å². The summed E-state index contributed by atoms with van der Waals surface area (Å²) >= 11 is 0. The molecule has 1 aliphatic heterocycles. The maximum absolute atomic E-state index is 12.8. The predicted octanol–water partition coefficient (Wildman–Crippen LogP) is 4.13. The van der Waals surface area contributed by atoms with E-state index >= 15 is 0 Å².